The van der Waals surface area contributed by atoms with Crippen molar-refractivity contribution in [3.63, 3.8) is 0 Å². The van der Waals surface area contributed by atoms with Gasteiger partial charge in [-0.3, -0.25) is 0 Å². The maximum absolute atomic E-state index is 6.38. The Balaban J connectivity index is 1.27. The second-order valence-corrected chi connectivity index (χ2v) is 10.9. The molecule has 2 unspecified atom stereocenters. The summed E-state index contributed by atoms with van der Waals surface area (Å²) in [4.78, 5) is 13.6. The number of ether oxygens (including phenoxy) is 2. The number of rotatable bonds is 8. The SMILES string of the molecule is C=CN(C)c1ccc(Oc2ccc(Nc3ncnc4ccc5c(c34)OCC3CNCCN53)cc2C)cc1C(C)CC. The zero-order valence-electron chi connectivity index (χ0n) is 24.3. The number of aromatic nitrogens is 2. The van der Waals surface area contributed by atoms with Gasteiger partial charge in [-0.25, -0.2) is 9.97 Å². The second kappa shape index (κ2) is 11.3. The predicted molar refractivity (Wildman–Crippen MR) is 167 cm³/mol. The molecule has 0 aliphatic carbocycles. The molecule has 0 bridgehead atoms. The van der Waals surface area contributed by atoms with Crippen molar-refractivity contribution in [2.75, 3.05) is 48.4 Å². The van der Waals surface area contributed by atoms with Crippen molar-refractivity contribution >= 4 is 33.8 Å². The molecule has 212 valence electrons. The predicted octanol–water partition coefficient (Wildman–Crippen LogP) is 6.74. The molecule has 1 saturated heterocycles. The average molecular weight is 551 g/mol. The average Bonchev–Trinajstić information content (AvgIpc) is 3.01. The van der Waals surface area contributed by atoms with E-state index in [-0.39, 0.29) is 0 Å². The Morgan fingerprint density at radius 3 is 2.90 bits per heavy atom. The molecule has 3 heterocycles. The fourth-order valence-electron chi connectivity index (χ4n) is 5.72. The van der Waals surface area contributed by atoms with Crippen molar-refractivity contribution in [3.05, 3.63) is 78.8 Å². The minimum absolute atomic E-state index is 0.338. The Morgan fingerprint density at radius 1 is 1.22 bits per heavy atom. The monoisotopic (exact) mass is 550 g/mol. The molecule has 8 nitrogen and oxygen atoms in total. The molecule has 2 aliphatic heterocycles. The fraction of sp³-hybridized carbons (Fsp3) is 0.333. The van der Waals surface area contributed by atoms with Crippen molar-refractivity contribution in [1.82, 2.24) is 15.3 Å². The molecule has 3 aromatic carbocycles. The third-order valence-electron chi connectivity index (χ3n) is 8.28. The lowest BCUT2D eigenvalue weighted by atomic mass is 9.96. The van der Waals surface area contributed by atoms with E-state index in [0.29, 0.717) is 18.6 Å². The van der Waals surface area contributed by atoms with Crippen LogP contribution in [0.2, 0.25) is 0 Å². The lowest BCUT2D eigenvalue weighted by Crippen LogP contribution is -2.55. The summed E-state index contributed by atoms with van der Waals surface area (Å²) in [5, 5.41) is 7.90. The molecule has 0 spiro atoms. The van der Waals surface area contributed by atoms with Gasteiger partial charge in [0, 0.05) is 38.1 Å². The van der Waals surface area contributed by atoms with Crippen molar-refractivity contribution < 1.29 is 9.47 Å². The lowest BCUT2D eigenvalue weighted by molar-refractivity contribution is 0.250. The molecule has 1 aromatic heterocycles. The first-order chi connectivity index (χ1) is 20.0. The van der Waals surface area contributed by atoms with E-state index in [2.05, 4.69) is 88.1 Å². The number of benzene rings is 3. The van der Waals surface area contributed by atoms with Crippen LogP contribution in [0.1, 0.15) is 37.3 Å². The fourth-order valence-corrected chi connectivity index (χ4v) is 5.72. The highest BCUT2D eigenvalue weighted by Gasteiger charge is 2.31. The minimum Gasteiger partial charge on any atom is -0.488 e. The van der Waals surface area contributed by atoms with E-state index < -0.39 is 0 Å². The van der Waals surface area contributed by atoms with Gasteiger partial charge in [0.2, 0.25) is 0 Å². The van der Waals surface area contributed by atoms with E-state index in [1.165, 1.54) is 5.56 Å². The largest absolute Gasteiger partial charge is 0.488 e. The first kappa shape index (κ1) is 26.9. The number of hydrogen-bond donors (Lipinski definition) is 2. The topological polar surface area (TPSA) is 74.8 Å². The van der Waals surface area contributed by atoms with Crippen molar-refractivity contribution in [2.45, 2.75) is 39.2 Å². The smallest absolute Gasteiger partial charge is 0.155 e. The lowest BCUT2D eigenvalue weighted by Gasteiger charge is -2.42. The highest BCUT2D eigenvalue weighted by atomic mass is 16.5. The van der Waals surface area contributed by atoms with E-state index in [1.807, 2.05) is 31.4 Å². The summed E-state index contributed by atoms with van der Waals surface area (Å²) >= 11 is 0. The van der Waals surface area contributed by atoms with Crippen LogP contribution in [0.15, 0.2) is 67.6 Å². The molecule has 2 N–H and O–H groups in total. The van der Waals surface area contributed by atoms with Crippen LogP contribution in [0.5, 0.6) is 17.2 Å². The molecule has 0 saturated carbocycles. The van der Waals surface area contributed by atoms with Gasteiger partial charge in [0.05, 0.1) is 22.6 Å². The van der Waals surface area contributed by atoms with Crippen molar-refractivity contribution in [1.29, 1.82) is 0 Å². The Hall–Kier alpha value is -4.30. The minimum atomic E-state index is 0.338. The van der Waals surface area contributed by atoms with Crippen molar-refractivity contribution in [2.24, 2.45) is 0 Å². The molecule has 2 aliphatic rings. The zero-order chi connectivity index (χ0) is 28.5. The van der Waals surface area contributed by atoms with Crippen LogP contribution in [0.3, 0.4) is 0 Å². The molecule has 0 amide bonds. The third kappa shape index (κ3) is 5.15. The Kier molecular flexibility index (Phi) is 7.41. The van der Waals surface area contributed by atoms with Gasteiger partial charge in [0.15, 0.2) is 5.75 Å². The highest BCUT2D eigenvalue weighted by molar-refractivity contribution is 6.00. The quantitative estimate of drug-likeness (QED) is 0.250. The summed E-state index contributed by atoms with van der Waals surface area (Å²) in [6, 6.07) is 16.9. The molecule has 1 fully saturated rings. The van der Waals surface area contributed by atoms with Gasteiger partial charge >= 0.3 is 0 Å². The number of hydrogen-bond acceptors (Lipinski definition) is 8. The van der Waals surface area contributed by atoms with Gasteiger partial charge in [0.1, 0.15) is 30.3 Å². The summed E-state index contributed by atoms with van der Waals surface area (Å²) in [7, 11) is 2.02. The van der Waals surface area contributed by atoms with Crippen LogP contribution in [0.4, 0.5) is 22.9 Å². The van der Waals surface area contributed by atoms with Crippen LogP contribution in [0.25, 0.3) is 10.9 Å². The summed E-state index contributed by atoms with van der Waals surface area (Å²) in [5.74, 6) is 3.62. The maximum Gasteiger partial charge on any atom is 0.155 e. The van der Waals surface area contributed by atoms with Gasteiger partial charge in [0.25, 0.3) is 0 Å². The Morgan fingerprint density at radius 2 is 2.10 bits per heavy atom. The normalized spacial score (nSPS) is 16.8. The van der Waals surface area contributed by atoms with Crippen LogP contribution in [-0.4, -0.2) is 49.3 Å². The summed E-state index contributed by atoms with van der Waals surface area (Å²) in [6.45, 7) is 13.9. The van der Waals surface area contributed by atoms with Gasteiger partial charge in [-0.15, -0.1) is 0 Å². The van der Waals surface area contributed by atoms with Gasteiger partial charge < -0.3 is 29.9 Å². The van der Waals surface area contributed by atoms with E-state index in [4.69, 9.17) is 9.47 Å². The molecule has 4 aromatic rings. The Labute approximate surface area is 242 Å². The van der Waals surface area contributed by atoms with E-state index in [9.17, 15) is 0 Å². The maximum atomic E-state index is 6.38. The molecule has 6 rings (SSSR count). The number of anilines is 4. The number of piperazine rings is 1. The van der Waals surface area contributed by atoms with E-state index in [1.54, 1.807) is 6.33 Å². The summed E-state index contributed by atoms with van der Waals surface area (Å²) in [5.41, 5.74) is 6.30. The molecule has 8 heteroatoms. The van der Waals surface area contributed by atoms with Gasteiger partial charge in [-0.2, -0.15) is 0 Å². The molecular weight excluding hydrogens is 512 g/mol. The van der Waals surface area contributed by atoms with Gasteiger partial charge in [-0.05, 0) is 85.1 Å². The summed E-state index contributed by atoms with van der Waals surface area (Å²) < 4.78 is 12.7. The Bertz CT molecular complexity index is 1590. The van der Waals surface area contributed by atoms with Crippen molar-refractivity contribution in [3.8, 4) is 17.2 Å². The molecule has 41 heavy (non-hydrogen) atoms. The van der Waals surface area contributed by atoms with E-state index >= 15 is 0 Å². The highest BCUT2D eigenvalue weighted by Crippen LogP contribution is 2.43. The summed E-state index contributed by atoms with van der Waals surface area (Å²) in [6.07, 6.45) is 4.48. The zero-order valence-corrected chi connectivity index (χ0v) is 24.3. The number of nitrogens with zero attached hydrogens (tertiary/aromatic N) is 4. The van der Waals surface area contributed by atoms with Crippen LogP contribution < -0.4 is 29.9 Å². The van der Waals surface area contributed by atoms with Crippen LogP contribution >= 0.6 is 0 Å². The molecule has 2 atom stereocenters. The number of fused-ring (bicyclic) bond motifs is 5. The first-order valence-corrected chi connectivity index (χ1v) is 14.4. The van der Waals surface area contributed by atoms with E-state index in [0.717, 1.165) is 82.7 Å². The number of nitrogens with one attached hydrogen (secondary N) is 2. The molecule has 0 radical (unpaired) electrons. The number of aryl methyl sites for hydroxylation is 1. The first-order valence-electron chi connectivity index (χ1n) is 14.4. The van der Waals surface area contributed by atoms with Gasteiger partial charge in [-0.1, -0.05) is 20.4 Å². The standard InChI is InChI=1S/C33H38N6O2/c1-6-21(3)26-17-25(9-11-28(26)38(5)7-2)41-30-13-8-23(16-22(30)4)37-33-31-27(35-20-36-33)10-12-29-32(31)40-19-24-18-34-14-15-39(24)29/h7-13,16-17,20-21,24,34H,2,6,14-15,18-19H2,1,3-5H3,(H,35,36,37). The van der Waals surface area contributed by atoms with Crippen LogP contribution in [-0.2, 0) is 0 Å². The third-order valence-corrected chi connectivity index (χ3v) is 8.28. The molecular formula is C33H38N6O2. The second-order valence-electron chi connectivity index (χ2n) is 10.9. The van der Waals surface area contributed by atoms with Crippen LogP contribution in [0, 0.1) is 6.92 Å².